The Hall–Kier alpha value is -5.79. The van der Waals surface area contributed by atoms with E-state index in [1.807, 2.05) is 24.4 Å². The number of benzene rings is 5. The molecule has 5 heterocycles. The number of carbonyl (C=O) groups is 2. The molecule has 7 heteroatoms. The van der Waals surface area contributed by atoms with Crippen molar-refractivity contribution in [2.24, 2.45) is 10.8 Å². The summed E-state index contributed by atoms with van der Waals surface area (Å²) in [5, 5.41) is 4.13. The molecule has 0 bridgehead atoms. The minimum absolute atomic E-state index is 0.0612. The Morgan fingerprint density at radius 3 is 1.58 bits per heavy atom. The van der Waals surface area contributed by atoms with E-state index in [1.165, 1.54) is 166 Å². The van der Waals surface area contributed by atoms with Gasteiger partial charge in [-0.05, 0) is 186 Å². The van der Waals surface area contributed by atoms with Gasteiger partial charge in [0, 0.05) is 79.8 Å². The molecule has 4 aliphatic heterocycles. The van der Waals surface area contributed by atoms with E-state index in [9.17, 15) is 9.59 Å². The molecular formula is C76H107N5O2. The van der Waals surface area contributed by atoms with Crippen molar-refractivity contribution in [3.8, 4) is 0 Å². The van der Waals surface area contributed by atoms with E-state index in [2.05, 4.69) is 220 Å². The highest BCUT2D eigenvalue weighted by molar-refractivity contribution is 6.00. The number of pyridine rings is 1. The van der Waals surface area contributed by atoms with Gasteiger partial charge in [-0.2, -0.15) is 0 Å². The van der Waals surface area contributed by atoms with Crippen molar-refractivity contribution in [3.63, 3.8) is 0 Å². The number of amides is 1. The van der Waals surface area contributed by atoms with Gasteiger partial charge < -0.3 is 15.1 Å². The van der Waals surface area contributed by atoms with E-state index in [0.29, 0.717) is 29.6 Å². The summed E-state index contributed by atoms with van der Waals surface area (Å²) < 4.78 is 0. The number of ketones is 1. The molecule has 1 aromatic heterocycles. The van der Waals surface area contributed by atoms with Crippen molar-refractivity contribution in [2.45, 2.75) is 217 Å². The van der Waals surface area contributed by atoms with Crippen LogP contribution in [0.25, 0.3) is 10.9 Å². The monoisotopic (exact) mass is 1120 g/mol. The van der Waals surface area contributed by atoms with E-state index in [0.717, 1.165) is 35.2 Å². The van der Waals surface area contributed by atoms with Crippen LogP contribution in [-0.4, -0.2) is 60.8 Å². The van der Waals surface area contributed by atoms with Gasteiger partial charge >= 0.3 is 0 Å². The Morgan fingerprint density at radius 2 is 0.988 bits per heavy atom. The van der Waals surface area contributed by atoms with Gasteiger partial charge in [0.05, 0.1) is 5.52 Å². The molecular weight excluding hydrogens is 1010 g/mol. The molecule has 7 nitrogen and oxygen atoms in total. The van der Waals surface area contributed by atoms with Gasteiger partial charge in [0.2, 0.25) is 0 Å². The summed E-state index contributed by atoms with van der Waals surface area (Å²) in [7, 11) is 0. The number of para-hydroxylation sites is 1. The van der Waals surface area contributed by atoms with Gasteiger partial charge in [0.15, 0.2) is 5.78 Å². The zero-order chi connectivity index (χ0) is 60.2. The van der Waals surface area contributed by atoms with Crippen LogP contribution in [0.2, 0.25) is 0 Å². The molecule has 0 saturated carbocycles. The first kappa shape index (κ1) is 64.8. The molecule has 3 fully saturated rings. The number of likely N-dealkylation sites (tertiary alicyclic amines) is 1. The summed E-state index contributed by atoms with van der Waals surface area (Å²) in [5.41, 5.74) is 17.9. The van der Waals surface area contributed by atoms with E-state index in [-0.39, 0.29) is 22.2 Å². The Kier molecular flexibility index (Phi) is 22.2. The molecule has 0 atom stereocenters. The predicted octanol–water partition coefficient (Wildman–Crippen LogP) is 18.4. The summed E-state index contributed by atoms with van der Waals surface area (Å²) in [4.78, 5) is 35.1. The number of carbonyl (C=O) groups excluding carboxylic acids is 2. The summed E-state index contributed by atoms with van der Waals surface area (Å²) >= 11 is 0. The van der Waals surface area contributed by atoms with Crippen LogP contribution in [0.1, 0.15) is 233 Å². The summed E-state index contributed by atoms with van der Waals surface area (Å²) in [5.74, 6) is 0.367. The van der Waals surface area contributed by atoms with Crippen molar-refractivity contribution < 1.29 is 9.59 Å². The van der Waals surface area contributed by atoms with Gasteiger partial charge in [0.1, 0.15) is 0 Å². The fraction of sp³-hybridized carbons (Fsp3) is 0.539. The van der Waals surface area contributed by atoms with E-state index in [4.69, 9.17) is 0 Å². The number of Topliss-reactive ketones (excluding diaryl/α,β-unsaturated/α-hetero) is 1. The van der Waals surface area contributed by atoms with Crippen LogP contribution < -0.4 is 15.1 Å². The van der Waals surface area contributed by atoms with Crippen LogP contribution in [0.15, 0.2) is 115 Å². The number of aromatic nitrogens is 1. The third kappa shape index (κ3) is 19.1. The van der Waals surface area contributed by atoms with E-state index in [1.54, 1.807) is 0 Å². The molecule has 11 rings (SSSR count). The normalized spacial score (nSPS) is 16.7. The highest BCUT2D eigenvalue weighted by Crippen LogP contribution is 2.39. The zero-order valence-corrected chi connectivity index (χ0v) is 54.4. The summed E-state index contributed by atoms with van der Waals surface area (Å²) in [6.45, 7) is 43.2. The minimum atomic E-state index is 0.0612. The van der Waals surface area contributed by atoms with Gasteiger partial charge in [-0.3, -0.25) is 19.5 Å². The van der Waals surface area contributed by atoms with E-state index >= 15 is 0 Å². The zero-order valence-electron chi connectivity index (χ0n) is 54.4. The summed E-state index contributed by atoms with van der Waals surface area (Å²) in [6.07, 6.45) is 18.1. The third-order valence-electron chi connectivity index (χ3n) is 16.9. The van der Waals surface area contributed by atoms with Crippen LogP contribution >= 0.6 is 0 Å². The Labute approximate surface area is 503 Å². The number of piperidine rings is 3. The highest BCUT2D eigenvalue weighted by atomic mass is 16.2. The lowest BCUT2D eigenvalue weighted by atomic mass is 9.82. The standard InChI is InChI=1S/C18H24N2.C17H27N.C16H25N.C13H16O.C12H15NO/c1-18(2,3)17-14-8-7-11-19-15(14)9-10-16(17)20-12-5-4-6-13-20;1-17(2,3)13-15-9-5-6-10-16(15)14-18-11-7-4-8-12-18;1-16(2,3)13-14-9-5-6-10-15(14)17-11-7-4-8-12-17;1-13(2,3)10-5-6-11-9(8-10)4-7-12(11)14;1-12(2,3)9-5-4-8-7-13-11(14)10(8)6-9/h7-11H,4-6,12-13H2,1-3H3;5-6,9-10H,4,7-8,11-14H2,1-3H3;5-6,9-10H,4,7-8,11-13H2,1-3H3;5-6,8H,4,7H2,1-3H3;4-6H,7H2,1-3H3,(H,13,14). The second-order valence-electron chi connectivity index (χ2n) is 29.9. The Morgan fingerprint density at radius 1 is 0.458 bits per heavy atom. The van der Waals surface area contributed by atoms with Gasteiger partial charge in [-0.15, -0.1) is 0 Å². The molecule has 0 spiro atoms. The molecule has 3 saturated heterocycles. The topological polar surface area (TPSA) is 68.8 Å². The summed E-state index contributed by atoms with van der Waals surface area (Å²) in [6, 6.07) is 39.1. The number of nitrogens with one attached hydrogen (secondary N) is 1. The maximum atomic E-state index is 11.4. The number of hydrogen-bond donors (Lipinski definition) is 1. The smallest absolute Gasteiger partial charge is 0.251 e. The van der Waals surface area contributed by atoms with Crippen LogP contribution in [0.4, 0.5) is 11.4 Å². The highest BCUT2D eigenvalue weighted by Gasteiger charge is 2.27. The van der Waals surface area contributed by atoms with Crippen molar-refractivity contribution >= 4 is 34.0 Å². The molecule has 5 aromatic carbocycles. The number of rotatable bonds is 6. The fourth-order valence-electron chi connectivity index (χ4n) is 12.4. The third-order valence-corrected chi connectivity index (χ3v) is 16.9. The van der Waals surface area contributed by atoms with Gasteiger partial charge in [-0.25, -0.2) is 0 Å². The van der Waals surface area contributed by atoms with Gasteiger partial charge in [-0.1, -0.05) is 189 Å². The fourth-order valence-corrected chi connectivity index (χ4v) is 12.4. The molecule has 0 unspecified atom stereocenters. The largest absolute Gasteiger partial charge is 0.371 e. The molecule has 83 heavy (non-hydrogen) atoms. The van der Waals surface area contributed by atoms with Crippen molar-refractivity contribution in [1.29, 1.82) is 0 Å². The second kappa shape index (κ2) is 28.4. The van der Waals surface area contributed by atoms with E-state index < -0.39 is 0 Å². The predicted molar refractivity (Wildman–Crippen MR) is 355 cm³/mol. The van der Waals surface area contributed by atoms with Crippen LogP contribution in [0, 0.1) is 10.8 Å². The van der Waals surface area contributed by atoms with Crippen molar-refractivity contribution in [2.75, 3.05) is 49.1 Å². The molecule has 448 valence electrons. The average Bonchev–Trinajstić information content (AvgIpc) is 4.12. The first-order valence-electron chi connectivity index (χ1n) is 32.0. The van der Waals surface area contributed by atoms with Crippen LogP contribution in [-0.2, 0) is 48.6 Å². The van der Waals surface area contributed by atoms with Crippen molar-refractivity contribution in [3.05, 3.63) is 171 Å². The molecule has 0 radical (unpaired) electrons. The maximum Gasteiger partial charge on any atom is 0.251 e. The molecule has 5 aliphatic rings. The van der Waals surface area contributed by atoms with Crippen LogP contribution in [0.3, 0.4) is 0 Å². The van der Waals surface area contributed by atoms with Gasteiger partial charge in [0.25, 0.3) is 5.91 Å². The van der Waals surface area contributed by atoms with Crippen LogP contribution in [0.5, 0.6) is 0 Å². The lowest BCUT2D eigenvalue weighted by Crippen LogP contribution is -2.32. The molecule has 6 aromatic rings. The van der Waals surface area contributed by atoms with Crippen molar-refractivity contribution in [1.82, 2.24) is 15.2 Å². The molecule has 1 aliphatic carbocycles. The number of nitrogens with zero attached hydrogens (tertiary/aromatic N) is 4. The minimum Gasteiger partial charge on any atom is -0.371 e. The number of anilines is 2. The lowest BCUT2D eigenvalue weighted by Gasteiger charge is -2.34. The number of fused-ring (bicyclic) bond motifs is 3. The SMILES string of the molecule is CC(C)(C)Cc1ccccc1CN1CCCCC1.CC(C)(C)Cc1ccccc1N1CCCCC1.CC(C)(C)c1c(N2CCCCC2)ccc2ncccc12.CC(C)(C)c1ccc2c(c1)C(=O)NC2.CC(C)(C)c1ccc2c(c1)CCC2=O. The lowest BCUT2D eigenvalue weighted by molar-refractivity contribution is 0.0963. The quantitative estimate of drug-likeness (QED) is 0.179. The second-order valence-corrected chi connectivity index (χ2v) is 29.9. The first-order chi connectivity index (χ1) is 39.1. The number of aryl methyl sites for hydroxylation is 1. The number of hydrogen-bond acceptors (Lipinski definition) is 6. The average molecular weight is 1120 g/mol. The maximum absolute atomic E-state index is 11.4. The first-order valence-corrected chi connectivity index (χ1v) is 32.0. The Balaban J connectivity index is 0.000000150. The molecule has 1 N–H and O–H groups in total. The molecule has 1 amide bonds. The Bertz CT molecular complexity index is 3060.